The molecule has 152 valence electrons. The fraction of sp³-hybridized carbons (Fsp3) is 0.200. The number of pyridine rings is 1. The van der Waals surface area contributed by atoms with Gasteiger partial charge in [-0.3, -0.25) is 4.79 Å². The maximum atomic E-state index is 13.4. The summed E-state index contributed by atoms with van der Waals surface area (Å²) in [5, 5.41) is 3.09. The smallest absolute Gasteiger partial charge is 0.224 e. The van der Waals surface area contributed by atoms with E-state index in [4.69, 9.17) is 4.98 Å². The van der Waals surface area contributed by atoms with Crippen molar-refractivity contribution in [2.24, 2.45) is 0 Å². The number of para-hydroxylation sites is 1. The highest BCUT2D eigenvalue weighted by atomic mass is 19.1. The van der Waals surface area contributed by atoms with Crippen molar-refractivity contribution in [1.29, 1.82) is 0 Å². The van der Waals surface area contributed by atoms with Crippen LogP contribution in [-0.2, 0) is 17.6 Å². The minimum absolute atomic E-state index is 0.0325. The molecule has 2 aromatic heterocycles. The average Bonchev–Trinajstić information content (AvgIpc) is 3.13. The van der Waals surface area contributed by atoms with Gasteiger partial charge >= 0.3 is 0 Å². The highest BCUT2D eigenvalue weighted by Gasteiger charge is 2.16. The third kappa shape index (κ3) is 3.96. The van der Waals surface area contributed by atoms with Crippen LogP contribution >= 0.6 is 0 Å². The largest absolute Gasteiger partial charge is 0.326 e. The second-order valence-electron chi connectivity index (χ2n) is 7.35. The molecule has 0 radical (unpaired) electrons. The highest BCUT2D eigenvalue weighted by molar-refractivity contribution is 5.92. The highest BCUT2D eigenvalue weighted by Crippen LogP contribution is 2.26. The molecule has 0 unspecified atom stereocenters. The second kappa shape index (κ2) is 8.49. The predicted molar refractivity (Wildman–Crippen MR) is 118 cm³/mol. The van der Waals surface area contributed by atoms with Crippen molar-refractivity contribution in [3.8, 4) is 11.3 Å². The van der Waals surface area contributed by atoms with Gasteiger partial charge in [-0.15, -0.1) is 0 Å². The van der Waals surface area contributed by atoms with E-state index in [9.17, 15) is 9.18 Å². The molecule has 2 heterocycles. The average molecular weight is 401 g/mol. The van der Waals surface area contributed by atoms with Crippen LogP contribution in [0.4, 0.5) is 10.1 Å². The molecule has 0 fully saturated rings. The van der Waals surface area contributed by atoms with E-state index in [-0.39, 0.29) is 11.7 Å². The van der Waals surface area contributed by atoms with Crippen LogP contribution in [0.3, 0.4) is 0 Å². The Labute approximate surface area is 175 Å². The lowest BCUT2D eigenvalue weighted by Crippen LogP contribution is -2.15. The van der Waals surface area contributed by atoms with Gasteiger partial charge < -0.3 is 9.72 Å². The molecule has 0 saturated heterocycles. The molecule has 4 aromatic rings. The van der Waals surface area contributed by atoms with E-state index in [0.29, 0.717) is 12.8 Å². The first-order valence-corrected chi connectivity index (χ1v) is 10.2. The first-order valence-electron chi connectivity index (χ1n) is 10.2. The number of halogens is 1. The fourth-order valence-electron chi connectivity index (χ4n) is 3.76. The summed E-state index contributed by atoms with van der Waals surface area (Å²) < 4.78 is 15.4. The molecule has 1 N–H and O–H groups in total. The van der Waals surface area contributed by atoms with Crippen molar-refractivity contribution in [2.75, 3.05) is 5.32 Å². The molecular weight excluding hydrogens is 377 g/mol. The van der Waals surface area contributed by atoms with E-state index in [2.05, 4.69) is 12.2 Å². The SMILES string of the molecule is CCc1cccc(C)c1NC(=O)CCc1c(-c2ccc(F)cc2)nc2ccccn12. The normalized spacial score (nSPS) is 11.0. The fourth-order valence-corrected chi connectivity index (χ4v) is 3.76. The molecule has 0 aliphatic rings. The summed E-state index contributed by atoms with van der Waals surface area (Å²) in [5.74, 6) is -0.316. The number of hydrogen-bond donors (Lipinski definition) is 1. The van der Waals surface area contributed by atoms with Gasteiger partial charge in [0.1, 0.15) is 11.5 Å². The molecule has 0 spiro atoms. The van der Waals surface area contributed by atoms with Gasteiger partial charge in [0.25, 0.3) is 0 Å². The number of nitrogens with one attached hydrogen (secondary N) is 1. The van der Waals surface area contributed by atoms with Gasteiger partial charge in [-0.05, 0) is 67.3 Å². The monoisotopic (exact) mass is 401 g/mol. The minimum Gasteiger partial charge on any atom is -0.326 e. The van der Waals surface area contributed by atoms with Crippen LogP contribution < -0.4 is 5.32 Å². The van der Waals surface area contributed by atoms with E-state index in [1.165, 1.54) is 12.1 Å². The number of carbonyl (C=O) groups excluding carboxylic acids is 1. The van der Waals surface area contributed by atoms with Crippen molar-refractivity contribution in [3.63, 3.8) is 0 Å². The quantitative estimate of drug-likeness (QED) is 0.458. The lowest BCUT2D eigenvalue weighted by atomic mass is 10.0. The summed E-state index contributed by atoms with van der Waals surface area (Å²) in [4.78, 5) is 17.5. The number of imidazole rings is 1. The number of anilines is 1. The molecule has 1 amide bonds. The number of carbonyl (C=O) groups is 1. The number of aryl methyl sites for hydroxylation is 3. The Kier molecular flexibility index (Phi) is 5.61. The van der Waals surface area contributed by atoms with E-state index in [1.807, 2.05) is 53.9 Å². The number of hydrogen-bond acceptors (Lipinski definition) is 2. The van der Waals surface area contributed by atoms with Crippen LogP contribution in [0.25, 0.3) is 16.9 Å². The Balaban J connectivity index is 1.60. The number of rotatable bonds is 6. The zero-order valence-electron chi connectivity index (χ0n) is 17.2. The van der Waals surface area contributed by atoms with Crippen LogP contribution in [0.2, 0.25) is 0 Å². The zero-order chi connectivity index (χ0) is 21.1. The first kappa shape index (κ1) is 19.8. The number of amides is 1. The summed E-state index contributed by atoms with van der Waals surface area (Å²) in [5.41, 5.74) is 6.45. The molecule has 5 heteroatoms. The van der Waals surface area contributed by atoms with E-state index >= 15 is 0 Å². The molecule has 4 nitrogen and oxygen atoms in total. The molecule has 0 atom stereocenters. The number of benzene rings is 2. The maximum Gasteiger partial charge on any atom is 0.224 e. The summed E-state index contributed by atoms with van der Waals surface area (Å²) >= 11 is 0. The first-order chi connectivity index (χ1) is 14.6. The van der Waals surface area contributed by atoms with Gasteiger partial charge in [0.05, 0.1) is 11.4 Å². The number of aromatic nitrogens is 2. The molecule has 4 rings (SSSR count). The molecule has 0 aliphatic heterocycles. The van der Waals surface area contributed by atoms with Gasteiger partial charge in [0, 0.05) is 23.9 Å². The summed E-state index contributed by atoms with van der Waals surface area (Å²) in [6.07, 6.45) is 3.66. The topological polar surface area (TPSA) is 46.4 Å². The Morgan fingerprint density at radius 2 is 1.87 bits per heavy atom. The van der Waals surface area contributed by atoms with Gasteiger partial charge in [-0.1, -0.05) is 31.2 Å². The zero-order valence-corrected chi connectivity index (χ0v) is 17.2. The van der Waals surface area contributed by atoms with Gasteiger partial charge in [-0.25, -0.2) is 9.37 Å². The molecule has 0 bridgehead atoms. The second-order valence-corrected chi connectivity index (χ2v) is 7.35. The summed E-state index contributed by atoms with van der Waals surface area (Å²) in [6.45, 7) is 4.09. The standard InChI is InChI=1S/C25H24FN3O/c1-3-18-8-6-7-17(2)24(18)28-23(30)15-14-21-25(19-10-12-20(26)13-11-19)27-22-9-4-5-16-29(21)22/h4-13,16H,3,14-15H2,1-2H3,(H,28,30). The maximum absolute atomic E-state index is 13.4. The Bertz CT molecular complexity index is 1190. The Morgan fingerprint density at radius 1 is 1.07 bits per heavy atom. The van der Waals surface area contributed by atoms with Crippen LogP contribution in [0, 0.1) is 12.7 Å². The van der Waals surface area contributed by atoms with Gasteiger partial charge in [0.15, 0.2) is 0 Å². The summed E-state index contributed by atoms with van der Waals surface area (Å²) in [6, 6.07) is 18.2. The third-order valence-corrected chi connectivity index (χ3v) is 5.34. The lowest BCUT2D eigenvalue weighted by Gasteiger charge is -2.13. The number of nitrogens with zero attached hydrogens (tertiary/aromatic N) is 2. The number of fused-ring (bicyclic) bond motifs is 1. The van der Waals surface area contributed by atoms with E-state index in [1.54, 1.807) is 12.1 Å². The van der Waals surface area contributed by atoms with Crippen molar-refractivity contribution >= 4 is 17.2 Å². The molecule has 0 aliphatic carbocycles. The molecular formula is C25H24FN3O. The minimum atomic E-state index is -0.284. The van der Waals surface area contributed by atoms with Gasteiger partial charge in [0.2, 0.25) is 5.91 Å². The Hall–Kier alpha value is -3.47. The van der Waals surface area contributed by atoms with Crippen LogP contribution in [0.15, 0.2) is 66.9 Å². The van der Waals surface area contributed by atoms with Crippen molar-refractivity contribution in [1.82, 2.24) is 9.38 Å². The van der Waals surface area contributed by atoms with Crippen molar-refractivity contribution in [2.45, 2.75) is 33.1 Å². The van der Waals surface area contributed by atoms with Crippen molar-refractivity contribution < 1.29 is 9.18 Å². The molecule has 2 aromatic carbocycles. The predicted octanol–water partition coefficient (Wildman–Crippen LogP) is 5.58. The summed E-state index contributed by atoms with van der Waals surface area (Å²) in [7, 11) is 0. The third-order valence-electron chi connectivity index (χ3n) is 5.34. The van der Waals surface area contributed by atoms with E-state index in [0.717, 1.165) is 45.8 Å². The Morgan fingerprint density at radius 3 is 2.63 bits per heavy atom. The van der Waals surface area contributed by atoms with Crippen molar-refractivity contribution in [3.05, 3.63) is 89.5 Å². The van der Waals surface area contributed by atoms with Gasteiger partial charge in [-0.2, -0.15) is 0 Å². The van der Waals surface area contributed by atoms with E-state index < -0.39 is 0 Å². The molecule has 0 saturated carbocycles. The molecule has 30 heavy (non-hydrogen) atoms. The van der Waals surface area contributed by atoms with Crippen LogP contribution in [-0.4, -0.2) is 15.3 Å². The van der Waals surface area contributed by atoms with Crippen LogP contribution in [0.1, 0.15) is 30.2 Å². The lowest BCUT2D eigenvalue weighted by molar-refractivity contribution is -0.116. The van der Waals surface area contributed by atoms with Crippen LogP contribution in [0.5, 0.6) is 0 Å².